The van der Waals surface area contributed by atoms with Gasteiger partial charge in [0.05, 0.1) is 19.8 Å². The minimum Gasteiger partial charge on any atom is -0.482 e. The summed E-state index contributed by atoms with van der Waals surface area (Å²) in [7, 11) is 2.92. The number of hydrogen-bond acceptors (Lipinski definition) is 4. The first kappa shape index (κ1) is 8.58. The molecule has 0 aliphatic rings. The molecule has 0 spiro atoms. The lowest BCUT2D eigenvalue weighted by molar-refractivity contribution is 0.363. The van der Waals surface area contributed by atoms with Crippen LogP contribution in [0.4, 0.5) is 0 Å². The van der Waals surface area contributed by atoms with Gasteiger partial charge >= 0.3 is 5.69 Å². The van der Waals surface area contributed by atoms with Crippen molar-refractivity contribution in [3.8, 4) is 11.8 Å². The van der Waals surface area contributed by atoms with E-state index in [4.69, 9.17) is 9.47 Å². The average molecular weight is 170 g/mol. The first-order chi connectivity index (χ1) is 5.69. The minimum absolute atomic E-state index is 0.288. The summed E-state index contributed by atoms with van der Waals surface area (Å²) in [6, 6.07) is 0. The number of hydrogen-bond donors (Lipinski definition) is 1. The third-order valence-electron chi connectivity index (χ3n) is 1.48. The van der Waals surface area contributed by atoms with Gasteiger partial charge in [-0.3, -0.25) is 4.98 Å². The van der Waals surface area contributed by atoms with Crippen LogP contribution in [0, 0.1) is 6.92 Å². The van der Waals surface area contributed by atoms with E-state index in [0.717, 1.165) is 0 Å². The monoisotopic (exact) mass is 170 g/mol. The molecule has 1 aromatic rings. The van der Waals surface area contributed by atoms with Crippen molar-refractivity contribution in [3.63, 3.8) is 0 Å². The van der Waals surface area contributed by atoms with Gasteiger partial charge in [0.25, 0.3) is 0 Å². The molecular weight excluding hydrogens is 160 g/mol. The number of ether oxygens (including phenoxy) is 2. The van der Waals surface area contributed by atoms with Crippen LogP contribution in [0.2, 0.25) is 0 Å². The zero-order valence-electron chi connectivity index (χ0n) is 7.17. The SMILES string of the molecule is COc1nc(=O)[nH]c(OC)c1C. The molecule has 1 aromatic heterocycles. The summed E-state index contributed by atoms with van der Waals surface area (Å²) in [5.41, 5.74) is 0.203. The fourth-order valence-electron chi connectivity index (χ4n) is 0.895. The molecule has 0 aliphatic heterocycles. The largest absolute Gasteiger partial charge is 0.482 e. The third-order valence-corrected chi connectivity index (χ3v) is 1.48. The average Bonchev–Trinajstić information content (AvgIpc) is 2.08. The number of aromatic nitrogens is 2. The molecule has 0 bridgehead atoms. The number of aromatic amines is 1. The highest BCUT2D eigenvalue weighted by Crippen LogP contribution is 2.19. The summed E-state index contributed by atoms with van der Waals surface area (Å²) < 4.78 is 9.75. The molecule has 0 saturated carbocycles. The van der Waals surface area contributed by atoms with Gasteiger partial charge in [0, 0.05) is 0 Å². The molecule has 0 saturated heterocycles. The van der Waals surface area contributed by atoms with E-state index in [1.54, 1.807) is 6.92 Å². The zero-order chi connectivity index (χ0) is 9.14. The standard InChI is InChI=1S/C7H10N2O3/c1-4-5(11-2)8-7(10)9-6(4)12-3/h1-3H3,(H,8,9,10). The van der Waals surface area contributed by atoms with Crippen molar-refractivity contribution in [1.29, 1.82) is 0 Å². The third kappa shape index (κ3) is 1.39. The summed E-state index contributed by atoms with van der Waals surface area (Å²) in [6.45, 7) is 1.75. The zero-order valence-corrected chi connectivity index (χ0v) is 7.17. The first-order valence-corrected chi connectivity index (χ1v) is 3.38. The second-order valence-corrected chi connectivity index (χ2v) is 2.21. The molecule has 0 fully saturated rings. The Bertz CT molecular complexity index is 304. The van der Waals surface area contributed by atoms with Crippen molar-refractivity contribution in [3.05, 3.63) is 16.0 Å². The van der Waals surface area contributed by atoms with E-state index in [9.17, 15) is 4.79 Å². The molecule has 0 atom stereocenters. The Morgan fingerprint density at radius 1 is 1.33 bits per heavy atom. The van der Waals surface area contributed by atoms with Crippen LogP contribution >= 0.6 is 0 Å². The lowest BCUT2D eigenvalue weighted by atomic mass is 10.3. The fourth-order valence-corrected chi connectivity index (χ4v) is 0.895. The maximum Gasteiger partial charge on any atom is 0.351 e. The quantitative estimate of drug-likeness (QED) is 0.683. The predicted molar refractivity (Wildman–Crippen MR) is 42.7 cm³/mol. The number of nitrogens with one attached hydrogen (secondary N) is 1. The summed E-state index contributed by atoms with van der Waals surface area (Å²) in [5.74, 6) is 0.669. The Balaban J connectivity index is 3.32. The molecule has 66 valence electrons. The van der Waals surface area contributed by atoms with Gasteiger partial charge in [0.1, 0.15) is 0 Å². The van der Waals surface area contributed by atoms with E-state index in [-0.39, 0.29) is 5.88 Å². The molecule has 5 nitrogen and oxygen atoms in total. The van der Waals surface area contributed by atoms with Gasteiger partial charge in [0.2, 0.25) is 11.8 Å². The molecule has 0 amide bonds. The molecule has 0 radical (unpaired) electrons. The summed E-state index contributed by atoms with van der Waals surface area (Å²) in [6.07, 6.45) is 0. The molecule has 1 N–H and O–H groups in total. The summed E-state index contributed by atoms with van der Waals surface area (Å²) >= 11 is 0. The van der Waals surface area contributed by atoms with Crippen molar-refractivity contribution in [1.82, 2.24) is 9.97 Å². The molecule has 0 aliphatic carbocycles. The van der Waals surface area contributed by atoms with E-state index < -0.39 is 5.69 Å². The van der Waals surface area contributed by atoms with Crippen LogP contribution in [0.5, 0.6) is 11.8 Å². The lowest BCUT2D eigenvalue weighted by Crippen LogP contribution is -2.13. The van der Waals surface area contributed by atoms with Crippen LogP contribution in [0.3, 0.4) is 0 Å². The van der Waals surface area contributed by atoms with Crippen LogP contribution in [-0.4, -0.2) is 24.2 Å². The number of H-pyrrole nitrogens is 1. The Morgan fingerprint density at radius 3 is 2.50 bits per heavy atom. The van der Waals surface area contributed by atoms with E-state index in [0.29, 0.717) is 11.4 Å². The number of nitrogens with zero attached hydrogens (tertiary/aromatic N) is 1. The summed E-state index contributed by atoms with van der Waals surface area (Å²) in [5, 5.41) is 0. The highest BCUT2D eigenvalue weighted by atomic mass is 16.5. The minimum atomic E-state index is -0.477. The van der Waals surface area contributed by atoms with E-state index >= 15 is 0 Å². The Hall–Kier alpha value is -1.52. The normalized spacial score (nSPS) is 9.58. The second-order valence-electron chi connectivity index (χ2n) is 2.21. The smallest absolute Gasteiger partial charge is 0.351 e. The fraction of sp³-hybridized carbons (Fsp3) is 0.429. The molecular formula is C7H10N2O3. The van der Waals surface area contributed by atoms with Crippen molar-refractivity contribution in [2.45, 2.75) is 6.92 Å². The maximum atomic E-state index is 10.9. The molecule has 0 unspecified atom stereocenters. The predicted octanol–water partition coefficient (Wildman–Crippen LogP) is 0.0955. The van der Waals surface area contributed by atoms with Crippen molar-refractivity contribution < 1.29 is 9.47 Å². The lowest BCUT2D eigenvalue weighted by Gasteiger charge is -2.05. The van der Waals surface area contributed by atoms with Gasteiger partial charge in [-0.2, -0.15) is 4.98 Å². The molecule has 1 rings (SSSR count). The van der Waals surface area contributed by atoms with Gasteiger partial charge in [-0.15, -0.1) is 0 Å². The Morgan fingerprint density at radius 2 is 2.00 bits per heavy atom. The Kier molecular flexibility index (Phi) is 2.32. The van der Waals surface area contributed by atoms with Crippen molar-refractivity contribution in [2.75, 3.05) is 14.2 Å². The van der Waals surface area contributed by atoms with Crippen LogP contribution in [-0.2, 0) is 0 Å². The van der Waals surface area contributed by atoms with Gasteiger partial charge < -0.3 is 9.47 Å². The van der Waals surface area contributed by atoms with Crippen molar-refractivity contribution >= 4 is 0 Å². The maximum absolute atomic E-state index is 10.9. The van der Waals surface area contributed by atoms with E-state index in [1.165, 1.54) is 14.2 Å². The summed E-state index contributed by atoms with van der Waals surface area (Å²) in [4.78, 5) is 16.9. The molecule has 5 heteroatoms. The topological polar surface area (TPSA) is 64.2 Å². The van der Waals surface area contributed by atoms with Gasteiger partial charge in [-0.05, 0) is 6.92 Å². The van der Waals surface area contributed by atoms with Crippen LogP contribution in [0.25, 0.3) is 0 Å². The highest BCUT2D eigenvalue weighted by molar-refractivity contribution is 5.32. The van der Waals surface area contributed by atoms with Crippen molar-refractivity contribution in [2.24, 2.45) is 0 Å². The second kappa shape index (κ2) is 3.25. The van der Waals surface area contributed by atoms with Gasteiger partial charge in [-0.1, -0.05) is 0 Å². The number of methoxy groups -OCH3 is 2. The Labute approximate surface area is 69.4 Å². The number of rotatable bonds is 2. The highest BCUT2D eigenvalue weighted by Gasteiger charge is 2.07. The van der Waals surface area contributed by atoms with E-state index in [1.807, 2.05) is 0 Å². The van der Waals surface area contributed by atoms with Crippen LogP contribution in [0.1, 0.15) is 5.56 Å². The van der Waals surface area contributed by atoms with Crippen LogP contribution in [0.15, 0.2) is 4.79 Å². The first-order valence-electron chi connectivity index (χ1n) is 3.38. The molecule has 12 heavy (non-hydrogen) atoms. The molecule has 0 aromatic carbocycles. The molecule has 1 heterocycles. The van der Waals surface area contributed by atoms with E-state index in [2.05, 4.69) is 9.97 Å². The van der Waals surface area contributed by atoms with Gasteiger partial charge in [-0.25, -0.2) is 4.79 Å². The van der Waals surface area contributed by atoms with Crippen LogP contribution < -0.4 is 15.2 Å². The van der Waals surface area contributed by atoms with Gasteiger partial charge in [0.15, 0.2) is 0 Å².